The molecule has 2 heterocycles. The molecule has 1 aliphatic rings. The second kappa shape index (κ2) is 8.33. The van der Waals surface area contributed by atoms with Gasteiger partial charge in [-0.1, -0.05) is 29.3 Å². The fourth-order valence-corrected chi connectivity index (χ4v) is 5.27. The number of aromatic nitrogens is 2. The lowest BCUT2D eigenvalue weighted by molar-refractivity contribution is 0.0785. The summed E-state index contributed by atoms with van der Waals surface area (Å²) < 4.78 is 31.2. The lowest BCUT2D eigenvalue weighted by Gasteiger charge is -2.12. The Morgan fingerprint density at radius 3 is 2.33 bits per heavy atom. The van der Waals surface area contributed by atoms with E-state index in [0.717, 1.165) is 29.9 Å². The number of rotatable bonds is 4. The van der Waals surface area contributed by atoms with E-state index >= 15 is 0 Å². The highest BCUT2D eigenvalue weighted by Crippen LogP contribution is 2.17. The number of likely N-dealkylation sites (tertiary alicyclic amines) is 1. The van der Waals surface area contributed by atoms with Gasteiger partial charge in [0.1, 0.15) is 0 Å². The Morgan fingerprint density at radius 2 is 1.70 bits per heavy atom. The molecule has 0 bridgehead atoms. The molecule has 3 aromatic rings. The highest BCUT2D eigenvalue weighted by atomic mass is 35.5. The zero-order chi connectivity index (χ0) is 21.3. The molecule has 1 amide bonds. The Morgan fingerprint density at radius 1 is 1.07 bits per heavy atom. The van der Waals surface area contributed by atoms with Crippen molar-refractivity contribution in [2.45, 2.75) is 24.7 Å². The summed E-state index contributed by atoms with van der Waals surface area (Å²) in [6.07, 6.45) is 1.84. The van der Waals surface area contributed by atoms with E-state index in [1.54, 1.807) is 41.3 Å². The molecule has 1 fully saturated rings. The van der Waals surface area contributed by atoms with E-state index in [9.17, 15) is 13.2 Å². The monoisotopic (exact) mass is 462 g/mol. The van der Waals surface area contributed by atoms with Crippen LogP contribution in [-0.4, -0.2) is 41.5 Å². The van der Waals surface area contributed by atoms with Crippen LogP contribution in [0.25, 0.3) is 5.69 Å². The van der Waals surface area contributed by atoms with Gasteiger partial charge in [0.05, 0.1) is 10.6 Å². The van der Waals surface area contributed by atoms with E-state index in [0.29, 0.717) is 23.8 Å². The summed E-state index contributed by atoms with van der Waals surface area (Å²) in [4.78, 5) is 14.8. The van der Waals surface area contributed by atoms with Gasteiger partial charge in [-0.25, -0.2) is 0 Å². The topological polar surface area (TPSA) is 84.6 Å². The number of sulfonamides is 1. The fraction of sp³-hybridized carbons (Fsp3) is 0.250. The average Bonchev–Trinajstić information content (AvgIpc) is 3.38. The molecule has 0 aliphatic carbocycles. The van der Waals surface area contributed by atoms with Gasteiger partial charge in [-0.2, -0.15) is 12.5 Å². The summed E-state index contributed by atoms with van der Waals surface area (Å²) >= 11 is 6.95. The summed E-state index contributed by atoms with van der Waals surface area (Å²) in [6, 6.07) is 13.3. The molecule has 1 saturated heterocycles. The molecule has 156 valence electrons. The third-order valence-electron chi connectivity index (χ3n) is 4.73. The highest BCUT2D eigenvalue weighted by molar-refractivity contribution is 7.90. The molecule has 10 heteroatoms. The SMILES string of the molecule is Cc1ccc(S(=O)(=O)/N=c2\sn(-c3ccc(Cl)cc3)nc2C(=O)N2CCCC2)cc1. The first kappa shape index (κ1) is 20.8. The van der Waals surface area contributed by atoms with Crippen molar-refractivity contribution in [1.29, 1.82) is 0 Å². The van der Waals surface area contributed by atoms with Crippen LogP contribution in [0, 0.1) is 6.92 Å². The molecule has 2 aromatic carbocycles. The normalized spacial score (nSPS) is 15.0. The highest BCUT2D eigenvalue weighted by Gasteiger charge is 2.26. The molecule has 30 heavy (non-hydrogen) atoms. The average molecular weight is 463 g/mol. The van der Waals surface area contributed by atoms with Gasteiger partial charge in [0, 0.05) is 18.1 Å². The number of halogens is 1. The summed E-state index contributed by atoms with van der Waals surface area (Å²) in [7, 11) is -3.99. The van der Waals surface area contributed by atoms with E-state index in [-0.39, 0.29) is 21.2 Å². The second-order valence-corrected chi connectivity index (χ2v) is 9.93. The standard InChI is InChI=1S/C20H19ClN4O3S2/c1-14-4-10-17(11-5-14)30(27,28)23-19-18(20(26)24-12-2-3-13-24)22-25(29-19)16-8-6-15(21)7-9-16/h4-11H,2-3,12-13H2,1H3/b23-19-. The molecule has 0 N–H and O–H groups in total. The van der Waals surface area contributed by atoms with Crippen LogP contribution >= 0.6 is 23.1 Å². The number of nitrogens with zero attached hydrogens (tertiary/aromatic N) is 4. The minimum atomic E-state index is -3.99. The molecule has 7 nitrogen and oxygen atoms in total. The van der Waals surface area contributed by atoms with Crippen LogP contribution in [0.3, 0.4) is 0 Å². The number of carbonyl (C=O) groups excluding carboxylic acids is 1. The first-order valence-electron chi connectivity index (χ1n) is 9.37. The Bertz CT molecular complexity index is 1240. The third kappa shape index (κ3) is 4.33. The van der Waals surface area contributed by atoms with Gasteiger partial charge in [-0.15, -0.1) is 9.50 Å². The zero-order valence-corrected chi connectivity index (χ0v) is 18.5. The van der Waals surface area contributed by atoms with E-state index in [4.69, 9.17) is 11.6 Å². The quantitative estimate of drug-likeness (QED) is 0.594. The molecule has 4 rings (SSSR count). The van der Waals surface area contributed by atoms with Gasteiger partial charge < -0.3 is 4.90 Å². The number of hydrogen-bond acceptors (Lipinski definition) is 5. The zero-order valence-electron chi connectivity index (χ0n) is 16.2. The molecule has 0 radical (unpaired) electrons. The molecule has 1 aliphatic heterocycles. The predicted octanol–water partition coefficient (Wildman–Crippen LogP) is 3.42. The number of amides is 1. The first-order chi connectivity index (χ1) is 14.3. The van der Waals surface area contributed by atoms with E-state index in [1.165, 1.54) is 16.2 Å². The van der Waals surface area contributed by atoms with Crippen molar-refractivity contribution in [1.82, 2.24) is 14.1 Å². The van der Waals surface area contributed by atoms with Crippen LogP contribution in [0.4, 0.5) is 0 Å². The molecule has 0 spiro atoms. The van der Waals surface area contributed by atoms with E-state index < -0.39 is 10.0 Å². The Balaban J connectivity index is 1.83. The smallest absolute Gasteiger partial charge is 0.283 e. The van der Waals surface area contributed by atoms with Crippen molar-refractivity contribution < 1.29 is 13.2 Å². The summed E-state index contributed by atoms with van der Waals surface area (Å²) in [5.41, 5.74) is 1.64. The molecular weight excluding hydrogens is 444 g/mol. The van der Waals surface area contributed by atoms with Crippen molar-refractivity contribution in [2.24, 2.45) is 4.40 Å². The number of benzene rings is 2. The van der Waals surface area contributed by atoms with Gasteiger partial charge in [0.2, 0.25) is 0 Å². The van der Waals surface area contributed by atoms with Gasteiger partial charge in [0.25, 0.3) is 15.9 Å². The van der Waals surface area contributed by atoms with Crippen LogP contribution < -0.4 is 4.67 Å². The maximum absolute atomic E-state index is 13.0. The van der Waals surface area contributed by atoms with Crippen LogP contribution in [0.1, 0.15) is 28.9 Å². The third-order valence-corrected chi connectivity index (χ3v) is 7.31. The van der Waals surface area contributed by atoms with Crippen LogP contribution in [0.2, 0.25) is 5.02 Å². The first-order valence-corrected chi connectivity index (χ1v) is 12.0. The number of aryl methyl sites for hydroxylation is 1. The van der Waals surface area contributed by atoms with Crippen molar-refractivity contribution >= 4 is 39.1 Å². The molecular formula is C20H19ClN4O3S2. The van der Waals surface area contributed by atoms with Crippen molar-refractivity contribution in [3.8, 4) is 5.69 Å². The van der Waals surface area contributed by atoms with Crippen LogP contribution in [-0.2, 0) is 10.0 Å². The predicted molar refractivity (Wildman–Crippen MR) is 116 cm³/mol. The fourth-order valence-electron chi connectivity index (χ4n) is 3.09. The molecule has 1 aromatic heterocycles. The Hall–Kier alpha value is -2.49. The van der Waals surface area contributed by atoms with Gasteiger partial charge >= 0.3 is 0 Å². The van der Waals surface area contributed by atoms with E-state index in [2.05, 4.69) is 9.50 Å². The lowest BCUT2D eigenvalue weighted by atomic mass is 10.2. The summed E-state index contributed by atoms with van der Waals surface area (Å²) in [5, 5.41) is 4.96. The van der Waals surface area contributed by atoms with Gasteiger partial charge in [0.15, 0.2) is 10.4 Å². The van der Waals surface area contributed by atoms with Crippen LogP contribution in [0.15, 0.2) is 57.8 Å². The van der Waals surface area contributed by atoms with Crippen molar-refractivity contribution in [2.75, 3.05) is 13.1 Å². The van der Waals surface area contributed by atoms with Gasteiger partial charge in [-0.05, 0) is 67.7 Å². The van der Waals surface area contributed by atoms with Gasteiger partial charge in [-0.3, -0.25) is 4.79 Å². The molecule has 0 atom stereocenters. The van der Waals surface area contributed by atoms with E-state index in [1.807, 2.05) is 6.92 Å². The minimum absolute atomic E-state index is 0.0348. The minimum Gasteiger partial charge on any atom is -0.337 e. The Kier molecular flexibility index (Phi) is 5.77. The number of carbonyl (C=O) groups is 1. The van der Waals surface area contributed by atoms with Crippen LogP contribution in [0.5, 0.6) is 0 Å². The second-order valence-electron chi connectivity index (χ2n) is 6.97. The summed E-state index contributed by atoms with van der Waals surface area (Å²) in [5.74, 6) is -0.311. The lowest BCUT2D eigenvalue weighted by Crippen LogP contribution is -2.31. The maximum Gasteiger partial charge on any atom is 0.283 e. The molecule has 0 unspecified atom stereocenters. The maximum atomic E-state index is 13.0. The molecule has 0 saturated carbocycles. The Labute approximate surface area is 183 Å². The van der Waals surface area contributed by atoms with Crippen molar-refractivity contribution in [3.05, 3.63) is 69.5 Å². The van der Waals surface area contributed by atoms with Crippen molar-refractivity contribution in [3.63, 3.8) is 0 Å². The largest absolute Gasteiger partial charge is 0.337 e. The summed E-state index contributed by atoms with van der Waals surface area (Å²) in [6.45, 7) is 3.13. The number of hydrogen-bond donors (Lipinski definition) is 0.